The second-order valence-corrected chi connectivity index (χ2v) is 6.45. The number of carbonyl (C=O) groups is 2. The van der Waals surface area contributed by atoms with Gasteiger partial charge in [0.25, 0.3) is 5.91 Å². The Hall–Kier alpha value is -2.76. The van der Waals surface area contributed by atoms with Crippen LogP contribution in [0, 0.1) is 11.2 Å². The van der Waals surface area contributed by atoms with Gasteiger partial charge in [-0.2, -0.15) is 0 Å². The number of aromatic nitrogens is 1. The number of nitrogens with one attached hydrogen (secondary N) is 2. The largest absolute Gasteiger partial charge is 0.348 e. The summed E-state index contributed by atoms with van der Waals surface area (Å²) >= 11 is 0. The molecule has 5 nitrogen and oxygen atoms in total. The molecule has 0 aliphatic rings. The van der Waals surface area contributed by atoms with Gasteiger partial charge in [0, 0.05) is 18.2 Å². The molecule has 0 unspecified atom stereocenters. The molecule has 1 heterocycles. The Morgan fingerprint density at radius 2 is 1.75 bits per heavy atom. The highest BCUT2D eigenvalue weighted by Crippen LogP contribution is 2.16. The van der Waals surface area contributed by atoms with E-state index in [1.807, 2.05) is 0 Å². The molecule has 2 aromatic rings. The van der Waals surface area contributed by atoms with E-state index in [1.54, 1.807) is 45.0 Å². The molecule has 2 N–H and O–H groups in total. The lowest BCUT2D eigenvalue weighted by atomic mass is 9.96. The van der Waals surface area contributed by atoms with Crippen LogP contribution in [0.15, 0.2) is 42.6 Å². The van der Waals surface area contributed by atoms with Gasteiger partial charge in [0.1, 0.15) is 11.6 Å². The molecule has 0 atom stereocenters. The zero-order valence-electron chi connectivity index (χ0n) is 13.9. The van der Waals surface area contributed by atoms with Gasteiger partial charge in [-0.1, -0.05) is 32.9 Å². The highest BCUT2D eigenvalue weighted by atomic mass is 19.1. The topological polar surface area (TPSA) is 71.1 Å². The van der Waals surface area contributed by atoms with Crippen LogP contribution in [0.1, 0.15) is 36.7 Å². The van der Waals surface area contributed by atoms with Crippen molar-refractivity contribution in [1.29, 1.82) is 0 Å². The molecule has 0 radical (unpaired) electrons. The van der Waals surface area contributed by atoms with Crippen molar-refractivity contribution in [2.75, 3.05) is 5.32 Å². The zero-order valence-corrected chi connectivity index (χ0v) is 13.9. The quantitative estimate of drug-likeness (QED) is 0.905. The average Bonchev–Trinajstić information content (AvgIpc) is 2.54. The monoisotopic (exact) mass is 329 g/mol. The summed E-state index contributed by atoms with van der Waals surface area (Å²) in [5, 5.41) is 5.42. The summed E-state index contributed by atoms with van der Waals surface area (Å²) in [6, 6.07) is 9.07. The third-order valence-corrected chi connectivity index (χ3v) is 3.31. The van der Waals surface area contributed by atoms with Crippen LogP contribution in [-0.2, 0) is 11.3 Å². The first kappa shape index (κ1) is 17.6. The zero-order chi connectivity index (χ0) is 17.7. The van der Waals surface area contributed by atoms with Gasteiger partial charge in [0.2, 0.25) is 5.91 Å². The van der Waals surface area contributed by atoms with Crippen LogP contribution < -0.4 is 10.6 Å². The van der Waals surface area contributed by atoms with Crippen LogP contribution in [0.2, 0.25) is 0 Å². The molecule has 0 saturated carbocycles. The van der Waals surface area contributed by atoms with Crippen molar-refractivity contribution in [3.63, 3.8) is 0 Å². The molecule has 0 bridgehead atoms. The first-order valence-corrected chi connectivity index (χ1v) is 7.56. The smallest absolute Gasteiger partial charge is 0.253 e. The Balaban J connectivity index is 1.93. The maximum absolute atomic E-state index is 12.8. The van der Waals surface area contributed by atoms with Gasteiger partial charge in [-0.15, -0.1) is 0 Å². The van der Waals surface area contributed by atoms with Crippen LogP contribution in [-0.4, -0.2) is 16.8 Å². The van der Waals surface area contributed by atoms with Crippen molar-refractivity contribution in [3.05, 3.63) is 59.5 Å². The van der Waals surface area contributed by atoms with Crippen LogP contribution >= 0.6 is 0 Å². The molecule has 126 valence electrons. The van der Waals surface area contributed by atoms with Gasteiger partial charge in [0.15, 0.2) is 0 Å². The summed E-state index contributed by atoms with van der Waals surface area (Å²) in [5.74, 6) is -0.365. The summed E-state index contributed by atoms with van der Waals surface area (Å²) < 4.78 is 12.8. The molecule has 6 heteroatoms. The molecule has 0 aliphatic carbocycles. The summed E-state index contributed by atoms with van der Waals surface area (Å²) in [6.45, 7) is 5.71. The van der Waals surface area contributed by atoms with E-state index < -0.39 is 5.41 Å². The Kier molecular flexibility index (Phi) is 5.28. The second-order valence-electron chi connectivity index (χ2n) is 6.45. The predicted molar refractivity (Wildman–Crippen MR) is 89.9 cm³/mol. The van der Waals surface area contributed by atoms with E-state index in [4.69, 9.17) is 0 Å². The fourth-order valence-corrected chi connectivity index (χ4v) is 1.79. The average molecular weight is 329 g/mol. The predicted octanol–water partition coefficient (Wildman–Crippen LogP) is 3.14. The lowest BCUT2D eigenvalue weighted by Gasteiger charge is -2.17. The van der Waals surface area contributed by atoms with Gasteiger partial charge >= 0.3 is 0 Å². The van der Waals surface area contributed by atoms with E-state index in [2.05, 4.69) is 15.6 Å². The number of rotatable bonds is 4. The maximum atomic E-state index is 12.8. The summed E-state index contributed by atoms with van der Waals surface area (Å²) in [6.07, 6.45) is 1.40. The molecule has 24 heavy (non-hydrogen) atoms. The number of benzene rings is 1. The lowest BCUT2D eigenvalue weighted by Crippen LogP contribution is -2.28. The SMILES string of the molecule is CC(C)(C)C(=O)Nc1ccc(C(=O)NCc2ccc(F)cc2)cn1. The van der Waals surface area contributed by atoms with Gasteiger partial charge in [-0.3, -0.25) is 9.59 Å². The summed E-state index contributed by atoms with van der Waals surface area (Å²) in [4.78, 5) is 28.0. The first-order valence-electron chi connectivity index (χ1n) is 7.56. The Bertz CT molecular complexity index is 719. The number of anilines is 1. The normalized spacial score (nSPS) is 11.0. The third-order valence-electron chi connectivity index (χ3n) is 3.31. The standard InChI is InChI=1S/C18H20FN3O2/c1-18(2,3)17(24)22-15-9-6-13(11-20-15)16(23)21-10-12-4-7-14(19)8-5-12/h4-9,11H,10H2,1-3H3,(H,21,23)(H,20,22,24). The van der Waals surface area contributed by atoms with E-state index >= 15 is 0 Å². The molecule has 0 aliphatic heterocycles. The van der Waals surface area contributed by atoms with Crippen molar-refractivity contribution < 1.29 is 14.0 Å². The lowest BCUT2D eigenvalue weighted by molar-refractivity contribution is -0.123. The molecular formula is C18H20FN3O2. The minimum absolute atomic E-state index is 0.150. The van der Waals surface area contributed by atoms with Crippen molar-refractivity contribution in [2.45, 2.75) is 27.3 Å². The Morgan fingerprint density at radius 1 is 1.08 bits per heavy atom. The van der Waals surface area contributed by atoms with Crippen LogP contribution in [0.25, 0.3) is 0 Å². The van der Waals surface area contributed by atoms with E-state index in [1.165, 1.54) is 18.3 Å². The minimum atomic E-state index is -0.521. The van der Waals surface area contributed by atoms with E-state index in [9.17, 15) is 14.0 Å². The second kappa shape index (κ2) is 7.21. The molecule has 2 amide bonds. The molecular weight excluding hydrogens is 309 g/mol. The number of amides is 2. The molecule has 0 saturated heterocycles. The maximum Gasteiger partial charge on any atom is 0.253 e. The molecule has 1 aromatic heterocycles. The van der Waals surface area contributed by atoms with Crippen molar-refractivity contribution in [3.8, 4) is 0 Å². The minimum Gasteiger partial charge on any atom is -0.348 e. The van der Waals surface area contributed by atoms with E-state index in [-0.39, 0.29) is 17.6 Å². The number of halogens is 1. The van der Waals surface area contributed by atoms with Crippen LogP contribution in [0.5, 0.6) is 0 Å². The first-order chi connectivity index (χ1) is 11.3. The van der Waals surface area contributed by atoms with Crippen molar-refractivity contribution in [2.24, 2.45) is 5.41 Å². The number of nitrogens with zero attached hydrogens (tertiary/aromatic N) is 1. The number of carbonyl (C=O) groups excluding carboxylic acids is 2. The van der Waals surface area contributed by atoms with Crippen molar-refractivity contribution >= 4 is 17.6 Å². The van der Waals surface area contributed by atoms with Crippen molar-refractivity contribution in [1.82, 2.24) is 10.3 Å². The van der Waals surface area contributed by atoms with Gasteiger partial charge in [-0.25, -0.2) is 9.37 Å². The molecule has 1 aromatic carbocycles. The van der Waals surface area contributed by atoms with Crippen LogP contribution in [0.4, 0.5) is 10.2 Å². The molecule has 2 rings (SSSR count). The van der Waals surface area contributed by atoms with Gasteiger partial charge < -0.3 is 10.6 Å². The number of pyridine rings is 1. The van der Waals surface area contributed by atoms with Gasteiger partial charge in [0.05, 0.1) is 5.56 Å². The van der Waals surface area contributed by atoms with E-state index in [0.717, 1.165) is 5.56 Å². The summed E-state index contributed by atoms with van der Waals surface area (Å²) in [7, 11) is 0. The van der Waals surface area contributed by atoms with Crippen LogP contribution in [0.3, 0.4) is 0 Å². The fraction of sp³-hybridized carbons (Fsp3) is 0.278. The van der Waals surface area contributed by atoms with E-state index in [0.29, 0.717) is 17.9 Å². The Labute approximate surface area is 140 Å². The number of hydrogen-bond acceptors (Lipinski definition) is 3. The highest BCUT2D eigenvalue weighted by Gasteiger charge is 2.21. The van der Waals surface area contributed by atoms with Gasteiger partial charge in [-0.05, 0) is 29.8 Å². The molecule has 0 fully saturated rings. The Morgan fingerprint density at radius 3 is 2.29 bits per heavy atom. The molecule has 0 spiro atoms. The third kappa shape index (κ3) is 4.87. The highest BCUT2D eigenvalue weighted by molar-refractivity contribution is 5.95. The summed E-state index contributed by atoms with van der Waals surface area (Å²) in [5.41, 5.74) is 0.657. The number of hydrogen-bond donors (Lipinski definition) is 2. The fourth-order valence-electron chi connectivity index (χ4n) is 1.79.